The molecule has 29 heavy (non-hydrogen) atoms. The van der Waals surface area contributed by atoms with Crippen LogP contribution in [0.5, 0.6) is 17.2 Å². The van der Waals surface area contributed by atoms with Gasteiger partial charge in [0.2, 0.25) is 5.75 Å². The minimum Gasteiger partial charge on any atom is -0.493 e. The number of ether oxygens (including phenoxy) is 3. The number of hydrogen-bond donors (Lipinski definition) is 1. The summed E-state index contributed by atoms with van der Waals surface area (Å²) < 4.78 is 16.4. The van der Waals surface area contributed by atoms with Crippen LogP contribution in [0, 0.1) is 0 Å². The van der Waals surface area contributed by atoms with Crippen molar-refractivity contribution in [3.05, 3.63) is 44.3 Å². The molecule has 154 valence electrons. The van der Waals surface area contributed by atoms with Crippen molar-refractivity contribution in [1.82, 2.24) is 14.9 Å². The molecule has 8 heteroatoms. The summed E-state index contributed by atoms with van der Waals surface area (Å²) in [4.78, 5) is 24.6. The van der Waals surface area contributed by atoms with E-state index in [1.165, 1.54) is 10.4 Å². The van der Waals surface area contributed by atoms with E-state index in [4.69, 9.17) is 19.2 Å². The van der Waals surface area contributed by atoms with E-state index in [0.29, 0.717) is 36.2 Å². The number of aryl methyl sites for hydroxylation is 2. The molecule has 0 aliphatic heterocycles. The van der Waals surface area contributed by atoms with Crippen LogP contribution in [-0.4, -0.2) is 43.2 Å². The van der Waals surface area contributed by atoms with Crippen molar-refractivity contribution in [3.8, 4) is 17.2 Å². The van der Waals surface area contributed by atoms with Gasteiger partial charge in [-0.1, -0.05) is 6.07 Å². The summed E-state index contributed by atoms with van der Waals surface area (Å²) in [6, 6.07) is 3.82. The van der Waals surface area contributed by atoms with E-state index in [1.54, 1.807) is 32.7 Å². The van der Waals surface area contributed by atoms with Gasteiger partial charge in [0.15, 0.2) is 11.5 Å². The lowest BCUT2D eigenvalue weighted by molar-refractivity contribution is 0.292. The Labute approximate surface area is 173 Å². The summed E-state index contributed by atoms with van der Waals surface area (Å²) in [7, 11) is 6.79. The van der Waals surface area contributed by atoms with Crippen LogP contribution < -0.4 is 19.8 Å². The van der Waals surface area contributed by atoms with Crippen molar-refractivity contribution in [3.63, 3.8) is 0 Å². The number of nitrogens with one attached hydrogen (secondary N) is 1. The number of thiophene rings is 1. The highest BCUT2D eigenvalue weighted by molar-refractivity contribution is 7.18. The average molecular weight is 416 g/mol. The van der Waals surface area contributed by atoms with Gasteiger partial charge in [-0.25, -0.2) is 4.98 Å². The number of nitrogens with zero attached hydrogens (tertiary/aromatic N) is 2. The summed E-state index contributed by atoms with van der Waals surface area (Å²) in [6.07, 6.45) is 3.18. The minimum atomic E-state index is -0.0264. The van der Waals surface area contributed by atoms with Gasteiger partial charge in [0.25, 0.3) is 5.56 Å². The fourth-order valence-electron chi connectivity index (χ4n) is 4.01. The fourth-order valence-corrected chi connectivity index (χ4v) is 5.29. The summed E-state index contributed by atoms with van der Waals surface area (Å²) in [5.41, 5.74) is 2.14. The van der Waals surface area contributed by atoms with E-state index < -0.39 is 0 Å². The lowest BCUT2D eigenvalue weighted by Crippen LogP contribution is -2.22. The molecule has 7 nitrogen and oxygen atoms in total. The summed E-state index contributed by atoms with van der Waals surface area (Å²) in [5, 5.41) is 0.787. The van der Waals surface area contributed by atoms with Gasteiger partial charge in [-0.3, -0.25) is 9.69 Å². The first-order valence-electron chi connectivity index (χ1n) is 9.55. The van der Waals surface area contributed by atoms with Gasteiger partial charge in [0.1, 0.15) is 10.7 Å². The topological polar surface area (TPSA) is 76.7 Å². The first kappa shape index (κ1) is 19.7. The quantitative estimate of drug-likeness (QED) is 0.639. The molecular formula is C21H25N3O4S. The molecule has 0 radical (unpaired) electrons. The van der Waals surface area contributed by atoms with E-state index in [9.17, 15) is 4.79 Å². The van der Waals surface area contributed by atoms with E-state index >= 15 is 0 Å². The van der Waals surface area contributed by atoms with Gasteiger partial charge in [-0.15, -0.1) is 11.3 Å². The summed E-state index contributed by atoms with van der Waals surface area (Å²) in [6.45, 7) is 1.12. The smallest absolute Gasteiger partial charge is 0.259 e. The zero-order valence-electron chi connectivity index (χ0n) is 17.1. The van der Waals surface area contributed by atoms with Crippen molar-refractivity contribution >= 4 is 21.6 Å². The predicted molar refractivity (Wildman–Crippen MR) is 114 cm³/mol. The number of aromatic nitrogens is 2. The Morgan fingerprint density at radius 2 is 1.90 bits per heavy atom. The number of rotatable bonds is 7. The molecule has 0 saturated heterocycles. The molecule has 0 saturated carbocycles. The minimum absolute atomic E-state index is 0.0264. The Morgan fingerprint density at radius 3 is 2.62 bits per heavy atom. The van der Waals surface area contributed by atoms with Crippen molar-refractivity contribution in [2.45, 2.75) is 32.4 Å². The maximum Gasteiger partial charge on any atom is 0.259 e. The highest BCUT2D eigenvalue weighted by Crippen LogP contribution is 2.40. The van der Waals surface area contributed by atoms with Crippen molar-refractivity contribution in [2.75, 3.05) is 28.4 Å². The number of aromatic amines is 1. The van der Waals surface area contributed by atoms with E-state index in [2.05, 4.69) is 9.88 Å². The molecule has 0 atom stereocenters. The molecule has 3 aromatic rings. The maximum atomic E-state index is 12.7. The molecule has 1 aromatic carbocycles. The van der Waals surface area contributed by atoms with E-state index in [-0.39, 0.29) is 5.56 Å². The molecule has 1 aliphatic carbocycles. The van der Waals surface area contributed by atoms with Gasteiger partial charge in [-0.05, 0) is 37.9 Å². The van der Waals surface area contributed by atoms with Crippen LogP contribution in [0.3, 0.4) is 0 Å². The van der Waals surface area contributed by atoms with Gasteiger partial charge in [0, 0.05) is 17.0 Å². The average Bonchev–Trinajstić information content (AvgIpc) is 3.28. The number of hydrogen-bond acceptors (Lipinski definition) is 7. The zero-order valence-corrected chi connectivity index (χ0v) is 17.9. The van der Waals surface area contributed by atoms with Crippen LogP contribution in [0.4, 0.5) is 0 Å². The lowest BCUT2D eigenvalue weighted by atomic mass is 10.1. The normalized spacial score (nSPS) is 13.1. The van der Waals surface area contributed by atoms with Crippen LogP contribution in [0.1, 0.15) is 28.2 Å². The number of benzene rings is 1. The molecule has 0 bridgehead atoms. The fraction of sp³-hybridized carbons (Fsp3) is 0.429. The standard InChI is InChI=1S/C21H25N3O4S/c1-24(10-12-8-9-14(26-2)19(28-4)18(12)27-3)11-16-22-20(25)17-13-6-5-7-15(13)29-21(17)23-16/h8-9H,5-7,10-11H2,1-4H3,(H,22,23,25). The molecule has 1 N–H and O–H groups in total. The van der Waals surface area contributed by atoms with Crippen molar-refractivity contribution in [1.29, 1.82) is 0 Å². The molecule has 0 unspecified atom stereocenters. The second-order valence-corrected chi connectivity index (χ2v) is 8.30. The second-order valence-electron chi connectivity index (χ2n) is 7.22. The zero-order chi connectivity index (χ0) is 20.5. The second kappa shape index (κ2) is 8.04. The van der Waals surface area contributed by atoms with Gasteiger partial charge in [0.05, 0.1) is 33.3 Å². The van der Waals surface area contributed by atoms with Crippen LogP contribution in [-0.2, 0) is 25.9 Å². The third-order valence-corrected chi connectivity index (χ3v) is 6.46. The SMILES string of the molecule is COc1ccc(CN(C)Cc2nc3sc4c(c3c(=O)[nH]2)CCC4)c(OC)c1OC. The Kier molecular flexibility index (Phi) is 5.47. The van der Waals surface area contributed by atoms with Crippen LogP contribution in [0.15, 0.2) is 16.9 Å². The number of methoxy groups -OCH3 is 3. The Morgan fingerprint density at radius 1 is 1.10 bits per heavy atom. The summed E-state index contributed by atoms with van der Waals surface area (Å²) in [5.74, 6) is 2.51. The van der Waals surface area contributed by atoms with Gasteiger partial charge in [-0.2, -0.15) is 0 Å². The maximum absolute atomic E-state index is 12.7. The largest absolute Gasteiger partial charge is 0.493 e. The molecule has 2 heterocycles. The Bertz CT molecular complexity index is 1110. The monoisotopic (exact) mass is 415 g/mol. The van der Waals surface area contributed by atoms with E-state index in [0.717, 1.165) is 35.0 Å². The third kappa shape index (κ3) is 3.58. The van der Waals surface area contributed by atoms with Crippen LogP contribution in [0.2, 0.25) is 0 Å². The Balaban J connectivity index is 1.58. The first-order chi connectivity index (χ1) is 14.0. The molecule has 1 aliphatic rings. The number of fused-ring (bicyclic) bond motifs is 3. The first-order valence-corrected chi connectivity index (χ1v) is 10.4. The highest BCUT2D eigenvalue weighted by Gasteiger charge is 2.22. The Hall–Kier alpha value is -2.58. The predicted octanol–water partition coefficient (Wildman–Crippen LogP) is 3.13. The molecule has 0 amide bonds. The van der Waals surface area contributed by atoms with Crippen LogP contribution >= 0.6 is 11.3 Å². The lowest BCUT2D eigenvalue weighted by Gasteiger charge is -2.20. The van der Waals surface area contributed by atoms with E-state index in [1.807, 2.05) is 19.2 Å². The third-order valence-electron chi connectivity index (χ3n) is 5.27. The summed E-state index contributed by atoms with van der Waals surface area (Å²) >= 11 is 1.66. The van der Waals surface area contributed by atoms with Crippen LogP contribution in [0.25, 0.3) is 10.2 Å². The number of H-pyrrole nitrogens is 1. The highest BCUT2D eigenvalue weighted by atomic mass is 32.1. The van der Waals surface area contributed by atoms with Crippen molar-refractivity contribution in [2.24, 2.45) is 0 Å². The molecule has 2 aromatic heterocycles. The molecule has 0 fully saturated rings. The molecule has 0 spiro atoms. The van der Waals surface area contributed by atoms with Gasteiger partial charge >= 0.3 is 0 Å². The molecule has 4 rings (SSSR count). The molecular weight excluding hydrogens is 390 g/mol. The van der Waals surface area contributed by atoms with Gasteiger partial charge < -0.3 is 19.2 Å². The van der Waals surface area contributed by atoms with Crippen molar-refractivity contribution < 1.29 is 14.2 Å².